The van der Waals surface area contributed by atoms with E-state index >= 15 is 0 Å². The molecular formula is C20H22ClN5O. The number of aliphatic hydroxyl groups excluding tert-OH is 1. The summed E-state index contributed by atoms with van der Waals surface area (Å²) >= 11 is 0. The zero-order chi connectivity index (χ0) is 17.6. The normalized spacial score (nSPS) is 23.0. The van der Waals surface area contributed by atoms with E-state index in [9.17, 15) is 5.11 Å². The third kappa shape index (κ3) is 2.76. The third-order valence-corrected chi connectivity index (χ3v) is 5.90. The number of halogens is 1. The van der Waals surface area contributed by atoms with Crippen LogP contribution in [0.1, 0.15) is 30.0 Å². The Morgan fingerprint density at radius 3 is 2.59 bits per heavy atom. The molecule has 2 aromatic heterocycles. The highest BCUT2D eigenvalue weighted by molar-refractivity contribution is 5.85. The molecule has 1 aliphatic heterocycles. The molecular weight excluding hydrogens is 362 g/mol. The van der Waals surface area contributed by atoms with Crippen LogP contribution in [0, 0.1) is 0 Å². The van der Waals surface area contributed by atoms with Gasteiger partial charge in [-0.3, -0.25) is 4.98 Å². The van der Waals surface area contributed by atoms with E-state index in [2.05, 4.69) is 38.8 Å². The molecule has 0 unspecified atom stereocenters. The van der Waals surface area contributed by atoms with E-state index in [0.29, 0.717) is 0 Å². The molecule has 5 rings (SSSR count). The molecule has 7 heteroatoms. The Hall–Kier alpha value is -2.28. The molecule has 1 spiro atoms. The number of rotatable bonds is 2. The Labute approximate surface area is 164 Å². The van der Waals surface area contributed by atoms with Crippen LogP contribution in [0.4, 0.5) is 0 Å². The van der Waals surface area contributed by atoms with Crippen molar-refractivity contribution in [2.45, 2.75) is 30.4 Å². The first-order chi connectivity index (χ1) is 12.8. The van der Waals surface area contributed by atoms with Gasteiger partial charge in [0.15, 0.2) is 0 Å². The van der Waals surface area contributed by atoms with Crippen LogP contribution >= 0.6 is 12.4 Å². The molecule has 3 heterocycles. The lowest BCUT2D eigenvalue weighted by atomic mass is 9.72. The Kier molecular flexibility index (Phi) is 4.72. The van der Waals surface area contributed by atoms with Crippen molar-refractivity contribution in [3.63, 3.8) is 0 Å². The summed E-state index contributed by atoms with van der Waals surface area (Å²) in [6.07, 6.45) is 5.00. The third-order valence-electron chi connectivity index (χ3n) is 5.90. The first-order valence-corrected chi connectivity index (χ1v) is 9.11. The van der Waals surface area contributed by atoms with Crippen molar-refractivity contribution in [1.82, 2.24) is 25.3 Å². The summed E-state index contributed by atoms with van der Waals surface area (Å²) in [5.41, 5.74) is 3.72. The number of fused-ring (bicyclic) bond motifs is 2. The number of aliphatic hydroxyl groups is 1. The number of pyridine rings is 1. The number of aromatic nitrogens is 4. The monoisotopic (exact) mass is 383 g/mol. The van der Waals surface area contributed by atoms with Gasteiger partial charge in [0.25, 0.3) is 0 Å². The molecule has 140 valence electrons. The van der Waals surface area contributed by atoms with Gasteiger partial charge in [-0.25, -0.2) is 4.68 Å². The van der Waals surface area contributed by atoms with Crippen molar-refractivity contribution in [1.29, 1.82) is 0 Å². The fraction of sp³-hybridized carbons (Fsp3) is 0.350. The summed E-state index contributed by atoms with van der Waals surface area (Å²) in [7, 11) is 0. The molecule has 1 aromatic carbocycles. The van der Waals surface area contributed by atoms with Crippen molar-refractivity contribution in [2.75, 3.05) is 13.1 Å². The largest absolute Gasteiger partial charge is 0.390 e. The molecule has 0 bridgehead atoms. The minimum absolute atomic E-state index is 0. The van der Waals surface area contributed by atoms with Crippen molar-refractivity contribution < 1.29 is 5.11 Å². The molecule has 0 radical (unpaired) electrons. The first-order valence-electron chi connectivity index (χ1n) is 9.11. The van der Waals surface area contributed by atoms with Crippen LogP contribution in [0.2, 0.25) is 0 Å². The Balaban J connectivity index is 0.00000180. The maximum absolute atomic E-state index is 11.4. The van der Waals surface area contributed by atoms with Gasteiger partial charge in [0.1, 0.15) is 11.7 Å². The topological polar surface area (TPSA) is 75.9 Å². The summed E-state index contributed by atoms with van der Waals surface area (Å²) in [6.45, 7) is 1.85. The van der Waals surface area contributed by atoms with E-state index in [1.54, 1.807) is 6.20 Å². The van der Waals surface area contributed by atoms with Crippen molar-refractivity contribution in [3.8, 4) is 11.4 Å². The molecule has 1 saturated heterocycles. The van der Waals surface area contributed by atoms with Gasteiger partial charge in [0.2, 0.25) is 0 Å². The van der Waals surface area contributed by atoms with Crippen LogP contribution in [0.25, 0.3) is 11.4 Å². The number of piperidine rings is 1. The van der Waals surface area contributed by atoms with Crippen LogP contribution in [-0.2, 0) is 5.41 Å². The van der Waals surface area contributed by atoms with Gasteiger partial charge in [-0.15, -0.1) is 17.5 Å². The molecule has 0 saturated carbocycles. The summed E-state index contributed by atoms with van der Waals surface area (Å²) < 4.78 is 1.81. The maximum Gasteiger partial charge on any atom is 0.131 e. The molecule has 1 fully saturated rings. The number of benzene rings is 1. The highest BCUT2D eigenvalue weighted by Gasteiger charge is 2.52. The van der Waals surface area contributed by atoms with Gasteiger partial charge in [-0.1, -0.05) is 35.5 Å². The molecule has 2 N–H and O–H groups in total. The van der Waals surface area contributed by atoms with Crippen molar-refractivity contribution in [3.05, 3.63) is 66.0 Å². The second-order valence-corrected chi connectivity index (χ2v) is 7.18. The quantitative estimate of drug-likeness (QED) is 0.710. The van der Waals surface area contributed by atoms with E-state index in [1.165, 1.54) is 5.56 Å². The lowest BCUT2D eigenvalue weighted by molar-refractivity contribution is 0.0421. The Morgan fingerprint density at radius 1 is 1.04 bits per heavy atom. The SMILES string of the molecule is Cl.O[C@H]1[C@H](n2cc(-c3ccccn3)nn2)c2ccccc2C12CCNCC2. The summed E-state index contributed by atoms with van der Waals surface area (Å²) in [5, 5.41) is 23.5. The molecule has 1 aliphatic carbocycles. The predicted octanol–water partition coefficient (Wildman–Crippen LogP) is 2.35. The van der Waals surface area contributed by atoms with Crippen LogP contribution in [0.3, 0.4) is 0 Å². The first kappa shape index (κ1) is 18.1. The summed E-state index contributed by atoms with van der Waals surface area (Å²) in [4.78, 5) is 4.35. The second-order valence-electron chi connectivity index (χ2n) is 7.18. The predicted molar refractivity (Wildman–Crippen MR) is 105 cm³/mol. The highest BCUT2D eigenvalue weighted by atomic mass is 35.5. The molecule has 2 atom stereocenters. The van der Waals surface area contributed by atoms with E-state index in [-0.39, 0.29) is 23.9 Å². The minimum atomic E-state index is -0.514. The number of hydrogen-bond acceptors (Lipinski definition) is 5. The maximum atomic E-state index is 11.4. The minimum Gasteiger partial charge on any atom is -0.390 e. The fourth-order valence-corrected chi connectivity index (χ4v) is 4.61. The zero-order valence-corrected chi connectivity index (χ0v) is 15.6. The smallest absolute Gasteiger partial charge is 0.131 e. The number of nitrogens with zero attached hydrogens (tertiary/aromatic N) is 4. The number of nitrogens with one attached hydrogen (secondary N) is 1. The Bertz CT molecular complexity index is 923. The summed E-state index contributed by atoms with van der Waals surface area (Å²) in [6, 6.07) is 13.9. The molecule has 27 heavy (non-hydrogen) atoms. The van der Waals surface area contributed by atoms with E-state index < -0.39 is 6.10 Å². The average Bonchev–Trinajstić information content (AvgIpc) is 3.27. The van der Waals surface area contributed by atoms with Crippen LogP contribution in [0.5, 0.6) is 0 Å². The zero-order valence-electron chi connectivity index (χ0n) is 14.8. The second kappa shape index (κ2) is 7.03. The summed E-state index contributed by atoms with van der Waals surface area (Å²) in [5.74, 6) is 0. The van der Waals surface area contributed by atoms with Gasteiger partial charge >= 0.3 is 0 Å². The highest BCUT2D eigenvalue weighted by Crippen LogP contribution is 2.51. The van der Waals surface area contributed by atoms with Crippen molar-refractivity contribution >= 4 is 12.4 Å². The average molecular weight is 384 g/mol. The van der Waals surface area contributed by atoms with Gasteiger partial charge < -0.3 is 10.4 Å². The van der Waals surface area contributed by atoms with Crippen molar-refractivity contribution in [2.24, 2.45) is 0 Å². The van der Waals surface area contributed by atoms with E-state index in [4.69, 9.17) is 0 Å². The van der Waals surface area contributed by atoms with Gasteiger partial charge in [-0.2, -0.15) is 0 Å². The number of hydrogen-bond donors (Lipinski definition) is 2. The lowest BCUT2D eigenvalue weighted by Gasteiger charge is -2.38. The molecule has 0 amide bonds. The molecule has 6 nitrogen and oxygen atoms in total. The van der Waals surface area contributed by atoms with E-state index in [0.717, 1.165) is 42.9 Å². The fourth-order valence-electron chi connectivity index (χ4n) is 4.61. The van der Waals surface area contributed by atoms with Crippen LogP contribution in [0.15, 0.2) is 54.9 Å². The Morgan fingerprint density at radius 2 is 1.81 bits per heavy atom. The van der Waals surface area contributed by atoms with Crippen LogP contribution in [-0.4, -0.2) is 44.3 Å². The lowest BCUT2D eigenvalue weighted by Crippen LogP contribution is -2.47. The molecule has 2 aliphatic rings. The van der Waals surface area contributed by atoms with Crippen LogP contribution < -0.4 is 5.32 Å². The van der Waals surface area contributed by atoms with Gasteiger partial charge in [0, 0.05) is 11.6 Å². The van der Waals surface area contributed by atoms with E-state index in [1.807, 2.05) is 35.1 Å². The standard InChI is InChI=1S/C20H21N5O.ClH/c26-19-18(25-13-17(23-24-25)16-7-3-4-10-22-16)14-5-1-2-6-15(14)20(19)8-11-21-12-9-20;/h1-7,10,13,18-19,21,26H,8-9,11-12H2;1H/t18-,19+;/m1./s1. The molecule has 3 aromatic rings. The van der Waals surface area contributed by atoms with Gasteiger partial charge in [0.05, 0.1) is 18.0 Å². The van der Waals surface area contributed by atoms with Gasteiger partial charge in [-0.05, 0) is 49.2 Å².